The van der Waals surface area contributed by atoms with Crippen molar-refractivity contribution >= 4 is 17.7 Å². The highest BCUT2D eigenvalue weighted by atomic mass is 16.5. The van der Waals surface area contributed by atoms with Gasteiger partial charge in [0.25, 0.3) is 0 Å². The molecule has 1 aliphatic heterocycles. The van der Waals surface area contributed by atoms with Crippen molar-refractivity contribution in [1.29, 1.82) is 0 Å². The second-order valence-corrected chi connectivity index (χ2v) is 11.0. The summed E-state index contributed by atoms with van der Waals surface area (Å²) in [5.74, 6) is 0.117. The molecule has 1 saturated carbocycles. The first-order valence-corrected chi connectivity index (χ1v) is 13.0. The number of benzene rings is 1. The van der Waals surface area contributed by atoms with Crippen LogP contribution < -0.4 is 10.1 Å². The summed E-state index contributed by atoms with van der Waals surface area (Å²) in [7, 11) is 0. The highest BCUT2D eigenvalue weighted by Gasteiger charge is 2.34. The molecule has 0 saturated heterocycles. The number of fused-ring (bicyclic) bond motifs is 1. The van der Waals surface area contributed by atoms with E-state index in [1.54, 1.807) is 0 Å². The van der Waals surface area contributed by atoms with Gasteiger partial charge in [0.1, 0.15) is 11.6 Å². The molecule has 0 spiro atoms. The normalized spacial score (nSPS) is 17.1. The number of nitrogens with one attached hydrogen (secondary N) is 1. The third-order valence-electron chi connectivity index (χ3n) is 7.04. The van der Waals surface area contributed by atoms with Crippen molar-refractivity contribution in [2.24, 2.45) is 5.92 Å². The first-order chi connectivity index (χ1) is 17.0. The molecule has 0 radical (unpaired) electrons. The van der Waals surface area contributed by atoms with Gasteiger partial charge in [0.15, 0.2) is 6.10 Å². The number of aromatic nitrogens is 1. The van der Waals surface area contributed by atoms with E-state index in [9.17, 15) is 14.7 Å². The van der Waals surface area contributed by atoms with E-state index in [1.807, 2.05) is 46.8 Å². The summed E-state index contributed by atoms with van der Waals surface area (Å²) in [5, 5.41) is 13.3. The van der Waals surface area contributed by atoms with Gasteiger partial charge in [-0.15, -0.1) is 0 Å². The largest absolute Gasteiger partial charge is 0.493 e. The van der Waals surface area contributed by atoms with E-state index in [4.69, 9.17) is 14.5 Å². The fourth-order valence-electron chi connectivity index (χ4n) is 5.32. The Morgan fingerprint density at radius 2 is 1.86 bits per heavy atom. The summed E-state index contributed by atoms with van der Waals surface area (Å²) in [4.78, 5) is 30.4. The van der Waals surface area contributed by atoms with Gasteiger partial charge in [0.2, 0.25) is 5.91 Å². The van der Waals surface area contributed by atoms with Crippen LogP contribution in [-0.4, -0.2) is 34.2 Å². The summed E-state index contributed by atoms with van der Waals surface area (Å²) < 4.78 is 11.9. The van der Waals surface area contributed by atoms with Crippen LogP contribution >= 0.6 is 0 Å². The Hall–Kier alpha value is -2.93. The number of carboxylic acids is 1. The van der Waals surface area contributed by atoms with Crippen LogP contribution in [0.3, 0.4) is 0 Å². The molecule has 1 unspecified atom stereocenters. The van der Waals surface area contributed by atoms with Crippen molar-refractivity contribution in [2.75, 3.05) is 11.9 Å². The molecule has 2 N–H and O–H groups in total. The Morgan fingerprint density at radius 3 is 2.53 bits per heavy atom. The number of carbonyl (C=O) groups excluding carboxylic acids is 1. The number of rotatable bonds is 6. The Kier molecular flexibility index (Phi) is 7.69. The molecule has 2 aliphatic rings. The minimum absolute atomic E-state index is 0.0369. The number of pyridine rings is 1. The lowest BCUT2D eigenvalue weighted by Gasteiger charge is -2.29. The van der Waals surface area contributed by atoms with Crippen molar-refractivity contribution in [1.82, 2.24) is 4.98 Å². The molecule has 194 valence electrons. The minimum Gasteiger partial charge on any atom is -0.493 e. The molecule has 1 aromatic heterocycles. The van der Waals surface area contributed by atoms with E-state index in [0.29, 0.717) is 29.2 Å². The fraction of sp³-hybridized carbons (Fsp3) is 0.552. The summed E-state index contributed by atoms with van der Waals surface area (Å²) in [6.07, 6.45) is 5.63. The van der Waals surface area contributed by atoms with Gasteiger partial charge in [0, 0.05) is 22.7 Å². The molecule has 7 heteroatoms. The van der Waals surface area contributed by atoms with Gasteiger partial charge in [0.05, 0.1) is 12.2 Å². The number of aliphatic carboxylic acids is 1. The Balaban J connectivity index is 1.84. The van der Waals surface area contributed by atoms with Gasteiger partial charge in [-0.3, -0.25) is 4.79 Å². The number of hydrogen-bond donors (Lipinski definition) is 2. The first-order valence-electron chi connectivity index (χ1n) is 13.0. The lowest BCUT2D eigenvalue weighted by atomic mass is 9.88. The molecule has 2 heterocycles. The number of nitrogens with zero attached hydrogens (tertiary/aromatic N) is 1. The number of amides is 1. The second-order valence-electron chi connectivity index (χ2n) is 11.0. The molecule has 1 fully saturated rings. The van der Waals surface area contributed by atoms with Gasteiger partial charge in [-0.2, -0.15) is 0 Å². The molecule has 36 heavy (non-hydrogen) atoms. The number of carbonyl (C=O) groups is 2. The highest BCUT2D eigenvalue weighted by Crippen LogP contribution is 2.41. The second kappa shape index (κ2) is 10.6. The summed E-state index contributed by atoms with van der Waals surface area (Å²) in [5.41, 5.74) is 3.80. The van der Waals surface area contributed by atoms with Crippen molar-refractivity contribution < 1.29 is 24.2 Å². The number of carboxylic acid groups (broad SMARTS) is 1. The predicted octanol–water partition coefficient (Wildman–Crippen LogP) is 6.15. The lowest BCUT2D eigenvalue weighted by Crippen LogP contribution is -2.30. The fourth-order valence-corrected chi connectivity index (χ4v) is 5.32. The predicted molar refractivity (Wildman–Crippen MR) is 139 cm³/mol. The Labute approximate surface area is 213 Å². The maximum absolute atomic E-state index is 13.1. The number of anilines is 1. The Bertz CT molecular complexity index is 1150. The zero-order chi connectivity index (χ0) is 26.0. The minimum atomic E-state index is -1.22. The van der Waals surface area contributed by atoms with Crippen molar-refractivity contribution in [3.8, 4) is 16.9 Å². The van der Waals surface area contributed by atoms with Gasteiger partial charge < -0.3 is 19.9 Å². The van der Waals surface area contributed by atoms with Crippen molar-refractivity contribution in [3.63, 3.8) is 0 Å². The maximum Gasteiger partial charge on any atom is 0.337 e. The molecule has 1 aliphatic carbocycles. The summed E-state index contributed by atoms with van der Waals surface area (Å²) in [6, 6.07) is 5.96. The number of aryl methyl sites for hydroxylation is 2. The molecular weight excluding hydrogens is 456 g/mol. The van der Waals surface area contributed by atoms with Crippen LogP contribution in [0.1, 0.15) is 87.8 Å². The van der Waals surface area contributed by atoms with Gasteiger partial charge in [-0.05, 0) is 89.1 Å². The van der Waals surface area contributed by atoms with Crippen LogP contribution in [0.5, 0.6) is 5.75 Å². The van der Waals surface area contributed by atoms with Gasteiger partial charge in [-0.25, -0.2) is 9.78 Å². The standard InChI is InChI=1S/C29H38N2O5/c1-17-23(25(28(33)34)36-29(3,4)5)24(21-13-14-22-20(16-21)12-9-15-35-22)18(2)30-26(17)31-27(32)19-10-7-6-8-11-19/h13-14,16,19,25H,6-12,15H2,1-5H3,(H,33,34)(H,30,31,32). The van der Waals surface area contributed by atoms with Crippen LogP contribution in [0.2, 0.25) is 0 Å². The molecule has 1 aromatic carbocycles. The van der Waals surface area contributed by atoms with Crippen LogP contribution in [0.15, 0.2) is 18.2 Å². The Morgan fingerprint density at radius 1 is 1.14 bits per heavy atom. The van der Waals surface area contributed by atoms with Crippen molar-refractivity contribution in [3.05, 3.63) is 40.6 Å². The molecule has 2 aromatic rings. The van der Waals surface area contributed by atoms with Gasteiger partial charge >= 0.3 is 5.97 Å². The zero-order valence-electron chi connectivity index (χ0n) is 22.1. The average Bonchev–Trinajstić information content (AvgIpc) is 2.84. The quantitative estimate of drug-likeness (QED) is 0.500. The number of ether oxygens (including phenoxy) is 2. The summed E-state index contributed by atoms with van der Waals surface area (Å²) in [6.45, 7) is 9.91. The van der Waals surface area contributed by atoms with Crippen LogP contribution in [0.4, 0.5) is 5.82 Å². The van der Waals surface area contributed by atoms with Crippen molar-refractivity contribution in [2.45, 2.75) is 91.3 Å². The van der Waals surface area contributed by atoms with Gasteiger partial charge in [-0.1, -0.05) is 25.3 Å². The van der Waals surface area contributed by atoms with E-state index in [0.717, 1.165) is 67.4 Å². The van der Waals surface area contributed by atoms with E-state index in [2.05, 4.69) is 11.4 Å². The lowest BCUT2D eigenvalue weighted by molar-refractivity contribution is -0.160. The molecule has 1 atom stereocenters. The highest BCUT2D eigenvalue weighted by molar-refractivity contribution is 5.94. The SMILES string of the molecule is Cc1nc(NC(=O)C2CCCCC2)c(C)c(C(OC(C)(C)C)C(=O)O)c1-c1ccc2c(c1)CCCO2. The topological polar surface area (TPSA) is 97.8 Å². The first kappa shape index (κ1) is 26.1. The molecule has 1 amide bonds. The maximum atomic E-state index is 13.1. The van der Waals surface area contributed by atoms with Crippen LogP contribution in [-0.2, 0) is 20.7 Å². The smallest absolute Gasteiger partial charge is 0.337 e. The zero-order valence-corrected chi connectivity index (χ0v) is 22.1. The third kappa shape index (κ3) is 5.72. The average molecular weight is 495 g/mol. The summed E-state index contributed by atoms with van der Waals surface area (Å²) >= 11 is 0. The molecule has 7 nitrogen and oxygen atoms in total. The molecule has 0 bridgehead atoms. The molecule has 4 rings (SSSR count). The number of hydrogen-bond acceptors (Lipinski definition) is 5. The van der Waals surface area contributed by atoms with E-state index < -0.39 is 17.7 Å². The third-order valence-corrected chi connectivity index (χ3v) is 7.04. The molecular formula is C29H38N2O5. The monoisotopic (exact) mass is 494 g/mol. The van der Waals surface area contributed by atoms with E-state index in [1.165, 1.54) is 0 Å². The van der Waals surface area contributed by atoms with Crippen LogP contribution in [0, 0.1) is 19.8 Å². The van der Waals surface area contributed by atoms with Crippen LogP contribution in [0.25, 0.3) is 11.1 Å². The van der Waals surface area contributed by atoms with E-state index in [-0.39, 0.29) is 11.8 Å². The van der Waals surface area contributed by atoms with E-state index >= 15 is 0 Å².